The van der Waals surface area contributed by atoms with E-state index >= 15 is 0 Å². The van der Waals surface area contributed by atoms with Crippen LogP contribution in [-0.4, -0.2) is 5.78 Å². The SMILES string of the molecule is CC1(C)C2CCC1(CCc1ccccc1)C(=O)C2. The lowest BCUT2D eigenvalue weighted by molar-refractivity contribution is -0.129. The molecule has 2 aliphatic carbocycles. The molecule has 2 saturated carbocycles. The lowest BCUT2D eigenvalue weighted by atomic mass is 9.66. The van der Waals surface area contributed by atoms with Crippen molar-refractivity contribution >= 4 is 5.78 Å². The summed E-state index contributed by atoms with van der Waals surface area (Å²) in [4.78, 5) is 12.4. The zero-order chi connectivity index (χ0) is 12.8. The molecule has 1 heteroatoms. The molecule has 3 rings (SSSR count). The molecule has 96 valence electrons. The van der Waals surface area contributed by atoms with Crippen molar-refractivity contribution in [1.82, 2.24) is 0 Å². The van der Waals surface area contributed by atoms with Gasteiger partial charge in [0.25, 0.3) is 0 Å². The third-order valence-corrected chi connectivity index (χ3v) is 5.82. The second-order valence-corrected chi connectivity index (χ2v) is 6.65. The first-order valence-corrected chi connectivity index (χ1v) is 7.13. The summed E-state index contributed by atoms with van der Waals surface area (Å²) < 4.78 is 0. The summed E-state index contributed by atoms with van der Waals surface area (Å²) in [6.45, 7) is 4.64. The van der Waals surface area contributed by atoms with E-state index in [1.165, 1.54) is 12.0 Å². The van der Waals surface area contributed by atoms with Crippen LogP contribution in [0.3, 0.4) is 0 Å². The summed E-state index contributed by atoms with van der Waals surface area (Å²) in [6.07, 6.45) is 5.30. The minimum absolute atomic E-state index is 0.0203. The van der Waals surface area contributed by atoms with Crippen LogP contribution in [0.2, 0.25) is 0 Å². The molecule has 1 aromatic carbocycles. The van der Waals surface area contributed by atoms with Gasteiger partial charge in [-0.25, -0.2) is 0 Å². The Hall–Kier alpha value is -1.11. The van der Waals surface area contributed by atoms with Crippen molar-refractivity contribution < 1.29 is 4.79 Å². The molecule has 2 bridgehead atoms. The second-order valence-electron chi connectivity index (χ2n) is 6.65. The quantitative estimate of drug-likeness (QED) is 0.782. The number of hydrogen-bond acceptors (Lipinski definition) is 1. The van der Waals surface area contributed by atoms with Gasteiger partial charge in [-0.3, -0.25) is 4.79 Å². The average molecular weight is 242 g/mol. The predicted molar refractivity (Wildman–Crippen MR) is 73.3 cm³/mol. The molecule has 2 aliphatic rings. The zero-order valence-electron chi connectivity index (χ0n) is 11.4. The first kappa shape index (κ1) is 12.0. The fourth-order valence-electron chi connectivity index (χ4n) is 4.36. The van der Waals surface area contributed by atoms with E-state index in [2.05, 4.69) is 44.2 Å². The number of fused-ring (bicyclic) bond motifs is 2. The van der Waals surface area contributed by atoms with Gasteiger partial charge in [0.05, 0.1) is 0 Å². The van der Waals surface area contributed by atoms with Crippen LogP contribution < -0.4 is 0 Å². The lowest BCUT2D eigenvalue weighted by Gasteiger charge is -2.36. The Morgan fingerprint density at radius 1 is 1.22 bits per heavy atom. The molecule has 0 heterocycles. The third-order valence-electron chi connectivity index (χ3n) is 5.82. The smallest absolute Gasteiger partial charge is 0.139 e. The van der Waals surface area contributed by atoms with Crippen LogP contribution in [0.15, 0.2) is 30.3 Å². The second kappa shape index (κ2) is 3.94. The van der Waals surface area contributed by atoms with E-state index in [4.69, 9.17) is 0 Å². The molecule has 0 spiro atoms. The molecule has 0 N–H and O–H groups in total. The number of hydrogen-bond donors (Lipinski definition) is 0. The summed E-state index contributed by atoms with van der Waals surface area (Å²) >= 11 is 0. The molecule has 0 amide bonds. The maximum absolute atomic E-state index is 12.4. The predicted octanol–water partition coefficient (Wildman–Crippen LogP) is 4.01. The van der Waals surface area contributed by atoms with Crippen LogP contribution >= 0.6 is 0 Å². The number of Topliss-reactive ketones (excluding diaryl/α,β-unsaturated/α-hetero) is 1. The Labute approximate surface area is 110 Å². The highest BCUT2D eigenvalue weighted by atomic mass is 16.1. The molecule has 18 heavy (non-hydrogen) atoms. The minimum atomic E-state index is -0.0203. The number of carbonyl (C=O) groups is 1. The summed E-state index contributed by atoms with van der Waals surface area (Å²) in [6, 6.07) is 10.6. The molecule has 0 aromatic heterocycles. The Balaban J connectivity index is 1.81. The first-order chi connectivity index (χ1) is 8.56. The van der Waals surface area contributed by atoms with Gasteiger partial charge in [-0.15, -0.1) is 0 Å². The van der Waals surface area contributed by atoms with Crippen LogP contribution in [0.5, 0.6) is 0 Å². The molecule has 2 fully saturated rings. The topological polar surface area (TPSA) is 17.1 Å². The number of carbonyl (C=O) groups excluding carboxylic acids is 1. The van der Waals surface area contributed by atoms with Crippen LogP contribution in [0.1, 0.15) is 45.1 Å². The maximum Gasteiger partial charge on any atom is 0.139 e. The van der Waals surface area contributed by atoms with E-state index in [1.54, 1.807) is 0 Å². The van der Waals surface area contributed by atoms with Crippen LogP contribution in [-0.2, 0) is 11.2 Å². The van der Waals surface area contributed by atoms with Gasteiger partial charge in [-0.05, 0) is 42.6 Å². The lowest BCUT2D eigenvalue weighted by Crippen LogP contribution is -2.36. The highest BCUT2D eigenvalue weighted by Gasteiger charge is 2.63. The summed E-state index contributed by atoms with van der Waals surface area (Å²) in [5.74, 6) is 1.18. The van der Waals surface area contributed by atoms with E-state index in [1.807, 2.05) is 0 Å². The van der Waals surface area contributed by atoms with E-state index in [0.717, 1.165) is 25.7 Å². The Kier molecular flexibility index (Phi) is 2.62. The third kappa shape index (κ3) is 1.49. The fourth-order valence-corrected chi connectivity index (χ4v) is 4.36. The van der Waals surface area contributed by atoms with Crippen molar-refractivity contribution in [2.45, 2.75) is 46.0 Å². The van der Waals surface area contributed by atoms with Crippen molar-refractivity contribution in [1.29, 1.82) is 0 Å². The number of rotatable bonds is 3. The number of benzene rings is 1. The summed E-state index contributed by atoms with van der Waals surface area (Å²) in [5.41, 5.74) is 1.57. The van der Waals surface area contributed by atoms with E-state index < -0.39 is 0 Å². The number of aryl methyl sites for hydroxylation is 1. The van der Waals surface area contributed by atoms with Gasteiger partial charge in [-0.2, -0.15) is 0 Å². The van der Waals surface area contributed by atoms with Crippen molar-refractivity contribution in [3.63, 3.8) is 0 Å². The van der Waals surface area contributed by atoms with Crippen LogP contribution in [0.4, 0.5) is 0 Å². The van der Waals surface area contributed by atoms with Crippen LogP contribution in [0, 0.1) is 16.7 Å². The molecular weight excluding hydrogens is 220 g/mol. The highest BCUT2D eigenvalue weighted by Crippen LogP contribution is 2.65. The largest absolute Gasteiger partial charge is 0.299 e. The Bertz CT molecular complexity index is 460. The Morgan fingerprint density at radius 3 is 2.50 bits per heavy atom. The van der Waals surface area contributed by atoms with Crippen molar-refractivity contribution in [2.24, 2.45) is 16.7 Å². The molecule has 1 nitrogen and oxygen atoms in total. The van der Waals surface area contributed by atoms with Gasteiger partial charge >= 0.3 is 0 Å². The summed E-state index contributed by atoms with van der Waals surface area (Å²) in [5, 5.41) is 0. The molecule has 2 atom stereocenters. The minimum Gasteiger partial charge on any atom is -0.299 e. The van der Waals surface area contributed by atoms with Crippen LogP contribution in [0.25, 0.3) is 0 Å². The van der Waals surface area contributed by atoms with E-state index in [0.29, 0.717) is 11.7 Å². The maximum atomic E-state index is 12.4. The molecule has 0 saturated heterocycles. The number of ketones is 1. The van der Waals surface area contributed by atoms with Gasteiger partial charge in [0.1, 0.15) is 5.78 Å². The Morgan fingerprint density at radius 2 is 1.94 bits per heavy atom. The van der Waals surface area contributed by atoms with Gasteiger partial charge in [0, 0.05) is 11.8 Å². The zero-order valence-corrected chi connectivity index (χ0v) is 11.4. The van der Waals surface area contributed by atoms with Gasteiger partial charge in [0.15, 0.2) is 0 Å². The molecular formula is C17H22O. The normalized spacial score (nSPS) is 33.0. The van der Waals surface area contributed by atoms with Crippen molar-refractivity contribution in [3.05, 3.63) is 35.9 Å². The highest BCUT2D eigenvalue weighted by molar-refractivity contribution is 5.89. The molecule has 1 aromatic rings. The monoisotopic (exact) mass is 242 g/mol. The van der Waals surface area contributed by atoms with Gasteiger partial charge in [-0.1, -0.05) is 44.2 Å². The van der Waals surface area contributed by atoms with E-state index in [9.17, 15) is 4.79 Å². The van der Waals surface area contributed by atoms with Crippen molar-refractivity contribution in [3.8, 4) is 0 Å². The van der Waals surface area contributed by atoms with Gasteiger partial charge in [0.2, 0.25) is 0 Å². The standard InChI is InChI=1S/C17H22O/c1-16(2)14-9-11-17(16,15(18)12-14)10-8-13-6-4-3-5-7-13/h3-7,14H,8-12H2,1-2H3. The van der Waals surface area contributed by atoms with Gasteiger partial charge < -0.3 is 0 Å². The van der Waals surface area contributed by atoms with E-state index in [-0.39, 0.29) is 10.8 Å². The molecule has 2 unspecified atom stereocenters. The molecule has 0 radical (unpaired) electrons. The summed E-state index contributed by atoms with van der Waals surface area (Å²) in [7, 11) is 0. The average Bonchev–Trinajstić information content (AvgIpc) is 2.72. The van der Waals surface area contributed by atoms with Crippen molar-refractivity contribution in [2.75, 3.05) is 0 Å². The molecule has 0 aliphatic heterocycles. The first-order valence-electron chi connectivity index (χ1n) is 7.13. The fraction of sp³-hybridized carbons (Fsp3) is 0.588.